The third-order valence-electron chi connectivity index (χ3n) is 3.43. The van der Waals surface area contributed by atoms with Gasteiger partial charge in [0.15, 0.2) is 9.84 Å². The van der Waals surface area contributed by atoms with Gasteiger partial charge < -0.3 is 10.1 Å². The van der Waals surface area contributed by atoms with E-state index in [1.54, 1.807) is 12.1 Å². The maximum Gasteiger partial charge on any atom is 0.180 e. The number of ether oxygens (including phenoxy) is 1. The molecule has 0 spiro atoms. The summed E-state index contributed by atoms with van der Waals surface area (Å²) in [5.41, 5.74) is 0.908. The van der Waals surface area contributed by atoms with Gasteiger partial charge in [-0.3, -0.25) is 0 Å². The van der Waals surface area contributed by atoms with Crippen molar-refractivity contribution in [2.45, 2.75) is 43.7 Å². The molecule has 20 heavy (non-hydrogen) atoms. The number of hydrogen-bond acceptors (Lipinski definition) is 4. The van der Waals surface area contributed by atoms with Crippen molar-refractivity contribution < 1.29 is 13.2 Å². The molecular formula is C15H23NO3S. The van der Waals surface area contributed by atoms with Gasteiger partial charge >= 0.3 is 0 Å². The Morgan fingerprint density at radius 1 is 1.30 bits per heavy atom. The number of benzene rings is 1. The first kappa shape index (κ1) is 15.5. The minimum absolute atomic E-state index is 0.0674. The van der Waals surface area contributed by atoms with Gasteiger partial charge in [0, 0.05) is 12.6 Å². The highest BCUT2D eigenvalue weighted by molar-refractivity contribution is 7.91. The van der Waals surface area contributed by atoms with Crippen LogP contribution in [0.25, 0.3) is 0 Å². The van der Waals surface area contributed by atoms with Gasteiger partial charge in [0.1, 0.15) is 0 Å². The summed E-state index contributed by atoms with van der Waals surface area (Å²) in [5.74, 6) is 0.175. The molecule has 0 amide bonds. The van der Waals surface area contributed by atoms with E-state index < -0.39 is 9.84 Å². The largest absolute Gasteiger partial charge is 0.379 e. The average Bonchev–Trinajstić information content (AvgIpc) is 2.66. The molecule has 2 rings (SSSR count). The summed E-state index contributed by atoms with van der Waals surface area (Å²) in [7, 11) is -3.10. The van der Waals surface area contributed by atoms with Crippen LogP contribution in [0.2, 0.25) is 0 Å². The highest BCUT2D eigenvalue weighted by Crippen LogP contribution is 2.32. The lowest BCUT2D eigenvalue weighted by Crippen LogP contribution is -2.24. The van der Waals surface area contributed by atoms with E-state index in [1.165, 1.54) is 0 Å². The first-order valence-corrected chi connectivity index (χ1v) is 8.82. The molecule has 1 aromatic rings. The molecule has 1 atom stereocenters. The lowest BCUT2D eigenvalue weighted by molar-refractivity contribution is 0.0759. The summed E-state index contributed by atoms with van der Waals surface area (Å²) in [6.45, 7) is 5.63. The Morgan fingerprint density at radius 3 is 2.80 bits per heavy atom. The van der Waals surface area contributed by atoms with Crippen LogP contribution in [0.15, 0.2) is 29.2 Å². The van der Waals surface area contributed by atoms with Crippen molar-refractivity contribution in [1.29, 1.82) is 0 Å². The maximum atomic E-state index is 12.0. The van der Waals surface area contributed by atoms with Crippen molar-refractivity contribution in [1.82, 2.24) is 5.32 Å². The fourth-order valence-electron chi connectivity index (χ4n) is 2.44. The molecule has 0 saturated heterocycles. The molecule has 0 aliphatic carbocycles. The normalized spacial score (nSPS) is 20.2. The lowest BCUT2D eigenvalue weighted by atomic mass is 10.1. The van der Waals surface area contributed by atoms with E-state index in [0.29, 0.717) is 4.90 Å². The van der Waals surface area contributed by atoms with Crippen molar-refractivity contribution in [2.24, 2.45) is 0 Å². The number of fused-ring (bicyclic) bond motifs is 1. The van der Waals surface area contributed by atoms with Gasteiger partial charge in [-0.25, -0.2) is 8.42 Å². The molecule has 5 heteroatoms. The van der Waals surface area contributed by atoms with Crippen LogP contribution in [0, 0.1) is 0 Å². The third-order valence-corrected chi connectivity index (χ3v) is 5.24. The number of sulfone groups is 1. The van der Waals surface area contributed by atoms with Crippen molar-refractivity contribution in [3.05, 3.63) is 29.8 Å². The zero-order chi connectivity index (χ0) is 14.6. The van der Waals surface area contributed by atoms with Gasteiger partial charge in [-0.2, -0.15) is 0 Å². The van der Waals surface area contributed by atoms with Crippen molar-refractivity contribution >= 4 is 9.84 Å². The van der Waals surface area contributed by atoms with Gasteiger partial charge in [0.25, 0.3) is 0 Å². The Bertz CT molecular complexity index is 540. The highest BCUT2D eigenvalue weighted by Gasteiger charge is 2.33. The zero-order valence-corrected chi connectivity index (χ0v) is 12.9. The summed E-state index contributed by atoms with van der Waals surface area (Å²) < 4.78 is 29.5. The van der Waals surface area contributed by atoms with Crippen molar-refractivity contribution in [2.75, 3.05) is 18.9 Å². The molecule has 0 saturated carbocycles. The molecule has 0 bridgehead atoms. The fraction of sp³-hybridized carbons (Fsp3) is 0.600. The van der Waals surface area contributed by atoms with Gasteiger partial charge in [-0.1, -0.05) is 18.2 Å². The standard InChI is InChI=1S/C15H23NO3S/c1-12(2)19-10-6-5-9-16-14-11-20(17,18)15-8-4-3-7-13(14)15/h3-4,7-8,12,14,16H,5-6,9-11H2,1-2H3. The second kappa shape index (κ2) is 6.70. The molecule has 0 aromatic heterocycles. The maximum absolute atomic E-state index is 12.0. The van der Waals surface area contributed by atoms with Crippen LogP contribution in [0.4, 0.5) is 0 Å². The molecule has 1 unspecified atom stereocenters. The molecular weight excluding hydrogens is 274 g/mol. The Kier molecular flexibility index (Phi) is 5.18. The van der Waals surface area contributed by atoms with E-state index in [4.69, 9.17) is 4.74 Å². The average molecular weight is 297 g/mol. The fourth-order valence-corrected chi connectivity index (χ4v) is 4.21. The molecule has 1 N–H and O–H groups in total. The third kappa shape index (κ3) is 3.81. The van der Waals surface area contributed by atoms with Crippen LogP contribution in [-0.2, 0) is 14.6 Å². The summed E-state index contributed by atoms with van der Waals surface area (Å²) in [5, 5.41) is 3.35. The molecule has 1 aromatic carbocycles. The molecule has 0 fully saturated rings. The van der Waals surface area contributed by atoms with E-state index in [-0.39, 0.29) is 17.9 Å². The van der Waals surface area contributed by atoms with Gasteiger partial charge in [0.05, 0.1) is 16.8 Å². The van der Waals surface area contributed by atoms with Crippen LogP contribution < -0.4 is 5.32 Å². The Morgan fingerprint density at radius 2 is 2.05 bits per heavy atom. The van der Waals surface area contributed by atoms with Gasteiger partial charge in [-0.15, -0.1) is 0 Å². The number of unbranched alkanes of at least 4 members (excludes halogenated alkanes) is 1. The Labute approximate surface area is 121 Å². The van der Waals surface area contributed by atoms with E-state index in [1.807, 2.05) is 26.0 Å². The van der Waals surface area contributed by atoms with E-state index in [9.17, 15) is 8.42 Å². The smallest absolute Gasteiger partial charge is 0.180 e. The van der Waals surface area contributed by atoms with E-state index >= 15 is 0 Å². The summed E-state index contributed by atoms with van der Waals surface area (Å²) in [6.07, 6.45) is 2.26. The van der Waals surface area contributed by atoms with Crippen LogP contribution in [0.3, 0.4) is 0 Å². The minimum Gasteiger partial charge on any atom is -0.379 e. The minimum atomic E-state index is -3.10. The lowest BCUT2D eigenvalue weighted by Gasteiger charge is -2.13. The van der Waals surface area contributed by atoms with Crippen LogP contribution in [0.1, 0.15) is 38.3 Å². The first-order valence-electron chi connectivity index (χ1n) is 7.17. The molecule has 1 heterocycles. The van der Waals surface area contributed by atoms with Crippen molar-refractivity contribution in [3.63, 3.8) is 0 Å². The van der Waals surface area contributed by atoms with Crippen LogP contribution in [-0.4, -0.2) is 33.4 Å². The number of nitrogens with one attached hydrogen (secondary N) is 1. The Hall–Kier alpha value is -0.910. The molecule has 1 aliphatic heterocycles. The predicted octanol–water partition coefficient (Wildman–Crippen LogP) is 2.31. The first-order chi connectivity index (χ1) is 9.50. The number of rotatable bonds is 7. The van der Waals surface area contributed by atoms with Crippen molar-refractivity contribution in [3.8, 4) is 0 Å². The quantitative estimate of drug-likeness (QED) is 0.785. The highest BCUT2D eigenvalue weighted by atomic mass is 32.2. The second-order valence-electron chi connectivity index (χ2n) is 5.45. The zero-order valence-electron chi connectivity index (χ0n) is 12.1. The number of hydrogen-bond donors (Lipinski definition) is 1. The second-order valence-corrected chi connectivity index (χ2v) is 7.46. The van der Waals surface area contributed by atoms with E-state index in [0.717, 1.165) is 31.6 Å². The predicted molar refractivity (Wildman–Crippen MR) is 79.6 cm³/mol. The molecule has 0 radical (unpaired) electrons. The topological polar surface area (TPSA) is 55.4 Å². The van der Waals surface area contributed by atoms with Crippen LogP contribution in [0.5, 0.6) is 0 Å². The molecule has 4 nitrogen and oxygen atoms in total. The van der Waals surface area contributed by atoms with E-state index in [2.05, 4.69) is 5.32 Å². The monoisotopic (exact) mass is 297 g/mol. The summed E-state index contributed by atoms with van der Waals surface area (Å²) in [4.78, 5) is 0.487. The Balaban J connectivity index is 1.81. The van der Waals surface area contributed by atoms with Crippen LogP contribution >= 0.6 is 0 Å². The molecule has 1 aliphatic rings. The summed E-state index contributed by atoms with van der Waals surface area (Å²) in [6, 6.07) is 7.21. The van der Waals surface area contributed by atoms with Gasteiger partial charge in [-0.05, 0) is 44.9 Å². The molecule has 112 valence electrons. The van der Waals surface area contributed by atoms with Gasteiger partial charge in [0.2, 0.25) is 0 Å². The SMILES string of the molecule is CC(C)OCCCCNC1CS(=O)(=O)c2ccccc21. The summed E-state index contributed by atoms with van der Waals surface area (Å²) >= 11 is 0.